The lowest BCUT2D eigenvalue weighted by molar-refractivity contribution is -0.870. The number of carbonyl (C=O) groups is 2. The molecule has 0 amide bonds. The number of hydrogen-bond donors (Lipinski definition) is 0. The fourth-order valence-electron chi connectivity index (χ4n) is 7.23. The van der Waals surface area contributed by atoms with Gasteiger partial charge in [-0.3, -0.25) is 14.2 Å². The molecule has 0 aromatic carbocycles. The van der Waals surface area contributed by atoms with Gasteiger partial charge in [0.1, 0.15) is 19.8 Å². The molecule has 0 heterocycles. The van der Waals surface area contributed by atoms with E-state index in [1.54, 1.807) is 0 Å². The highest BCUT2D eigenvalue weighted by Crippen LogP contribution is 2.38. The third-order valence-corrected chi connectivity index (χ3v) is 12.3. The van der Waals surface area contributed by atoms with Crippen LogP contribution in [0.3, 0.4) is 0 Å². The van der Waals surface area contributed by atoms with Crippen LogP contribution in [0.25, 0.3) is 0 Å². The Morgan fingerprint density at radius 3 is 1.28 bits per heavy atom. The first-order valence-corrected chi connectivity index (χ1v) is 27.8. The van der Waals surface area contributed by atoms with Crippen molar-refractivity contribution in [3.63, 3.8) is 0 Å². The number of esters is 2. The minimum Gasteiger partial charge on any atom is -0.756 e. The van der Waals surface area contributed by atoms with E-state index in [2.05, 4.69) is 62.5 Å². The van der Waals surface area contributed by atoms with Gasteiger partial charge >= 0.3 is 11.9 Å². The van der Waals surface area contributed by atoms with E-state index < -0.39 is 26.5 Å². The number of rotatable bonds is 48. The second-order valence-corrected chi connectivity index (χ2v) is 20.3. The smallest absolute Gasteiger partial charge is 0.306 e. The van der Waals surface area contributed by atoms with Crippen molar-refractivity contribution in [3.05, 3.63) is 48.6 Å². The van der Waals surface area contributed by atoms with Crippen molar-refractivity contribution < 1.29 is 42.1 Å². The number of likely N-dealkylation sites (N-methyl/N-ethyl adjacent to an activating group) is 1. The maximum absolute atomic E-state index is 12.7. The molecule has 0 radical (unpaired) electrons. The minimum absolute atomic E-state index is 0.0374. The highest BCUT2D eigenvalue weighted by atomic mass is 31.2. The van der Waals surface area contributed by atoms with Crippen LogP contribution in [0.4, 0.5) is 0 Å². The van der Waals surface area contributed by atoms with Crippen LogP contribution in [-0.4, -0.2) is 70.0 Å². The van der Waals surface area contributed by atoms with Gasteiger partial charge < -0.3 is 27.9 Å². The molecule has 0 aromatic heterocycles. The fourth-order valence-corrected chi connectivity index (χ4v) is 7.96. The van der Waals surface area contributed by atoms with Crippen LogP contribution < -0.4 is 4.89 Å². The standard InChI is InChI=1S/C54H100NO8P/c1-6-8-10-12-14-16-18-20-22-24-26-27-29-30-32-34-36-38-40-42-44-46-53(56)60-50-52(51-62-64(58,59)61-49-48-55(3,4)5)63-54(57)47-45-43-41-39-37-35-33-31-28-25-23-21-19-17-15-13-11-9-7-2/h15,17,21,23,28,31,35,37,52H,6-14,16,18-20,22,24-27,29-30,32-34,36,38-51H2,1-5H3/b17-15+,23-21+,31-28+,37-35+/t52-/m1/s1. The Hall–Kier alpha value is -2.03. The molecule has 1 unspecified atom stereocenters. The first-order chi connectivity index (χ1) is 31.0. The summed E-state index contributed by atoms with van der Waals surface area (Å²) in [6, 6.07) is 0. The number of nitrogens with zero attached hydrogens (tertiary/aromatic N) is 1. The second-order valence-electron chi connectivity index (χ2n) is 18.9. The molecule has 0 aromatic rings. The Morgan fingerprint density at radius 2 is 0.844 bits per heavy atom. The van der Waals surface area contributed by atoms with Crippen molar-refractivity contribution in [2.24, 2.45) is 0 Å². The van der Waals surface area contributed by atoms with Crippen LogP contribution in [0.1, 0.15) is 232 Å². The molecule has 9 nitrogen and oxygen atoms in total. The molecule has 0 aliphatic carbocycles. The molecule has 64 heavy (non-hydrogen) atoms. The first kappa shape index (κ1) is 62.0. The van der Waals surface area contributed by atoms with Crippen LogP contribution in [-0.2, 0) is 32.7 Å². The Kier molecular flexibility index (Phi) is 44.6. The highest BCUT2D eigenvalue weighted by Gasteiger charge is 2.21. The van der Waals surface area contributed by atoms with Gasteiger partial charge in [-0.05, 0) is 57.8 Å². The zero-order chi connectivity index (χ0) is 47.1. The van der Waals surface area contributed by atoms with Crippen molar-refractivity contribution in [2.75, 3.05) is 47.5 Å². The number of carbonyl (C=O) groups excluding carboxylic acids is 2. The van der Waals surface area contributed by atoms with Gasteiger partial charge in [-0.25, -0.2) is 0 Å². The molecule has 374 valence electrons. The van der Waals surface area contributed by atoms with E-state index in [1.807, 2.05) is 21.1 Å². The van der Waals surface area contributed by atoms with Crippen molar-refractivity contribution in [1.82, 2.24) is 0 Å². The van der Waals surface area contributed by atoms with Gasteiger partial charge in [-0.1, -0.05) is 210 Å². The lowest BCUT2D eigenvalue weighted by atomic mass is 10.0. The SMILES string of the molecule is CCCCC/C=C/C/C=C/C/C=C/C/C=C/CCCCCC(=O)O[C@H](COC(=O)CCCCCCCCCCCCCCCCCCCCCCC)COP(=O)([O-])OCC[N+](C)(C)C. The number of phosphoric ester groups is 1. The maximum atomic E-state index is 12.7. The van der Waals surface area contributed by atoms with Crippen molar-refractivity contribution in [1.29, 1.82) is 0 Å². The Labute approximate surface area is 394 Å². The van der Waals surface area contributed by atoms with E-state index >= 15 is 0 Å². The molecule has 0 aliphatic rings. The summed E-state index contributed by atoms with van der Waals surface area (Å²) in [6.45, 7) is 4.19. The number of ether oxygens (including phenoxy) is 2. The number of allylic oxidation sites excluding steroid dienone is 8. The zero-order valence-corrected chi connectivity index (χ0v) is 43.1. The van der Waals surface area contributed by atoms with Crippen molar-refractivity contribution >= 4 is 19.8 Å². The summed E-state index contributed by atoms with van der Waals surface area (Å²) in [5.41, 5.74) is 0. The Balaban J connectivity index is 4.27. The lowest BCUT2D eigenvalue weighted by Gasteiger charge is -2.28. The summed E-state index contributed by atoms with van der Waals surface area (Å²) in [7, 11) is 1.15. The summed E-state index contributed by atoms with van der Waals surface area (Å²) < 4.78 is 34.0. The molecular weight excluding hydrogens is 822 g/mol. The second kappa shape index (κ2) is 46.1. The molecule has 0 saturated heterocycles. The van der Waals surface area contributed by atoms with Gasteiger partial charge in [0, 0.05) is 12.8 Å². The molecule has 10 heteroatoms. The average molecular weight is 922 g/mol. The molecule has 0 spiro atoms. The summed E-state index contributed by atoms with van der Waals surface area (Å²) in [5, 5.41) is 0. The summed E-state index contributed by atoms with van der Waals surface area (Å²) in [5.74, 6) is -0.862. The normalized spacial score (nSPS) is 13.8. The van der Waals surface area contributed by atoms with Gasteiger partial charge in [-0.15, -0.1) is 0 Å². The third kappa shape index (κ3) is 49.4. The zero-order valence-electron chi connectivity index (χ0n) is 42.2. The summed E-state index contributed by atoms with van der Waals surface area (Å²) in [4.78, 5) is 37.7. The van der Waals surface area contributed by atoms with E-state index in [0.717, 1.165) is 57.8 Å². The van der Waals surface area contributed by atoms with Gasteiger partial charge in [0.2, 0.25) is 0 Å². The van der Waals surface area contributed by atoms with Gasteiger partial charge in [0.25, 0.3) is 7.82 Å². The highest BCUT2D eigenvalue weighted by molar-refractivity contribution is 7.45. The molecule has 0 bridgehead atoms. The topological polar surface area (TPSA) is 111 Å². The quantitative estimate of drug-likeness (QED) is 0.0195. The van der Waals surface area contributed by atoms with Crippen LogP contribution in [0, 0.1) is 0 Å². The summed E-state index contributed by atoms with van der Waals surface area (Å²) >= 11 is 0. The molecule has 0 rings (SSSR count). The fraction of sp³-hybridized carbons (Fsp3) is 0.815. The first-order valence-electron chi connectivity index (χ1n) is 26.3. The average Bonchev–Trinajstić information content (AvgIpc) is 3.25. The van der Waals surface area contributed by atoms with Crippen LogP contribution in [0.2, 0.25) is 0 Å². The van der Waals surface area contributed by atoms with Gasteiger partial charge in [0.15, 0.2) is 6.10 Å². The van der Waals surface area contributed by atoms with Crippen molar-refractivity contribution in [2.45, 2.75) is 238 Å². The van der Waals surface area contributed by atoms with Gasteiger partial charge in [-0.2, -0.15) is 0 Å². The molecule has 2 atom stereocenters. The monoisotopic (exact) mass is 922 g/mol. The lowest BCUT2D eigenvalue weighted by Crippen LogP contribution is -2.37. The number of hydrogen-bond acceptors (Lipinski definition) is 8. The van der Waals surface area contributed by atoms with Gasteiger partial charge in [0.05, 0.1) is 27.7 Å². The van der Waals surface area contributed by atoms with E-state index in [0.29, 0.717) is 17.4 Å². The third-order valence-electron chi connectivity index (χ3n) is 11.4. The molecule has 0 fully saturated rings. The minimum atomic E-state index is -4.64. The molecule has 0 aliphatic heterocycles. The Morgan fingerprint density at radius 1 is 0.484 bits per heavy atom. The largest absolute Gasteiger partial charge is 0.756 e. The van der Waals surface area contributed by atoms with Crippen LogP contribution in [0.15, 0.2) is 48.6 Å². The van der Waals surface area contributed by atoms with Crippen molar-refractivity contribution in [3.8, 4) is 0 Å². The van der Waals surface area contributed by atoms with E-state index in [4.69, 9.17) is 18.5 Å². The predicted molar refractivity (Wildman–Crippen MR) is 268 cm³/mol. The number of quaternary nitrogens is 1. The molecule has 0 N–H and O–H groups in total. The van der Waals surface area contributed by atoms with Crippen LogP contribution in [0.5, 0.6) is 0 Å². The molecule has 0 saturated carbocycles. The number of phosphoric acid groups is 1. The van der Waals surface area contributed by atoms with E-state index in [-0.39, 0.29) is 32.0 Å². The Bertz CT molecular complexity index is 1230. The van der Waals surface area contributed by atoms with E-state index in [1.165, 1.54) is 141 Å². The predicted octanol–water partition coefficient (Wildman–Crippen LogP) is 15.2. The van der Waals surface area contributed by atoms with Crippen LogP contribution >= 0.6 is 7.82 Å². The molecular formula is C54H100NO8P. The number of unbranched alkanes of at least 4 members (excludes halogenated alkanes) is 26. The van der Waals surface area contributed by atoms with E-state index in [9.17, 15) is 19.0 Å². The summed E-state index contributed by atoms with van der Waals surface area (Å²) in [6.07, 6.45) is 55.7. The maximum Gasteiger partial charge on any atom is 0.306 e.